The molecule has 0 radical (unpaired) electrons. The predicted molar refractivity (Wildman–Crippen MR) is 140 cm³/mol. The van der Waals surface area contributed by atoms with Gasteiger partial charge in [0.1, 0.15) is 5.82 Å². The molecular weight excluding hydrogens is 402 g/mol. The van der Waals surface area contributed by atoms with Gasteiger partial charge in [-0.05, 0) is 91.3 Å². The van der Waals surface area contributed by atoms with Crippen molar-refractivity contribution in [3.63, 3.8) is 0 Å². The maximum Gasteiger partial charge on any atom is 0.131 e. The van der Waals surface area contributed by atoms with Crippen LogP contribution >= 0.6 is 0 Å². The molecule has 2 aromatic heterocycles. The molecule has 2 aromatic carbocycles. The number of hydrogen-bond acceptors (Lipinski definition) is 3. The normalized spacial score (nSPS) is 16.3. The summed E-state index contributed by atoms with van der Waals surface area (Å²) in [5.74, 6) is 0.926. The molecule has 0 saturated heterocycles. The molecule has 164 valence electrons. The Bertz CT molecular complexity index is 1380. The third kappa shape index (κ3) is 4.31. The molecule has 4 aromatic rings. The molecule has 0 bridgehead atoms. The van der Waals surface area contributed by atoms with E-state index in [2.05, 4.69) is 86.7 Å². The first-order chi connectivity index (χ1) is 16.1. The summed E-state index contributed by atoms with van der Waals surface area (Å²) in [7, 11) is 0. The van der Waals surface area contributed by atoms with Crippen LogP contribution in [0, 0.1) is 6.92 Å². The maximum atomic E-state index is 6.38. The smallest absolute Gasteiger partial charge is 0.131 e. The molecule has 0 spiro atoms. The number of rotatable bonds is 4. The molecule has 1 aliphatic carbocycles. The second kappa shape index (κ2) is 9.03. The Kier molecular flexibility index (Phi) is 5.78. The van der Waals surface area contributed by atoms with Crippen molar-refractivity contribution in [3.8, 4) is 11.1 Å². The highest BCUT2D eigenvalue weighted by Gasteiger charge is 2.17. The molecule has 0 amide bonds. The standard InChI is InChI=1S/C30H29N3/c1-20-9-6-7-12-26(20)23-14-15-28-24(18-23)19-25(30(31)33-28)17-21(2)27-13-8-16-32-29(27)22-10-4-3-5-11-22/h4,6-10,12-19,22H,3,5,11H2,1-2H3,(H2,31,33)/b21-17+. The number of benzene rings is 2. The molecule has 1 atom stereocenters. The van der Waals surface area contributed by atoms with Crippen LogP contribution in [0.25, 0.3) is 33.7 Å². The van der Waals surface area contributed by atoms with Crippen LogP contribution in [-0.4, -0.2) is 9.97 Å². The number of anilines is 1. The van der Waals surface area contributed by atoms with Gasteiger partial charge < -0.3 is 5.73 Å². The monoisotopic (exact) mass is 431 g/mol. The number of nitrogens with two attached hydrogens (primary N) is 1. The van der Waals surface area contributed by atoms with E-state index in [1.165, 1.54) is 28.7 Å². The van der Waals surface area contributed by atoms with Crippen LogP contribution in [0.15, 0.2) is 79.0 Å². The van der Waals surface area contributed by atoms with Crippen LogP contribution in [0.1, 0.15) is 54.5 Å². The Hall–Kier alpha value is -3.72. The molecule has 2 heterocycles. The van der Waals surface area contributed by atoms with Gasteiger partial charge >= 0.3 is 0 Å². The number of nitrogen functional groups attached to an aromatic ring is 1. The molecule has 5 rings (SSSR count). The highest BCUT2D eigenvalue weighted by atomic mass is 14.8. The molecule has 3 heteroatoms. The van der Waals surface area contributed by atoms with Gasteiger partial charge in [-0.15, -0.1) is 0 Å². The van der Waals surface area contributed by atoms with Gasteiger partial charge in [-0.25, -0.2) is 4.98 Å². The average Bonchev–Trinajstić information content (AvgIpc) is 2.85. The summed E-state index contributed by atoms with van der Waals surface area (Å²) in [6, 6.07) is 21.2. The van der Waals surface area contributed by atoms with Crippen molar-refractivity contribution in [1.29, 1.82) is 0 Å². The van der Waals surface area contributed by atoms with Crippen molar-refractivity contribution in [1.82, 2.24) is 9.97 Å². The zero-order chi connectivity index (χ0) is 22.8. The molecular formula is C30H29N3. The zero-order valence-corrected chi connectivity index (χ0v) is 19.3. The number of fused-ring (bicyclic) bond motifs is 1. The van der Waals surface area contributed by atoms with Crippen molar-refractivity contribution in [2.75, 3.05) is 5.73 Å². The van der Waals surface area contributed by atoms with Crippen LogP contribution in [0.4, 0.5) is 5.82 Å². The predicted octanol–water partition coefficient (Wildman–Crippen LogP) is 7.57. The number of pyridine rings is 2. The lowest BCUT2D eigenvalue weighted by atomic mass is 9.88. The van der Waals surface area contributed by atoms with E-state index in [4.69, 9.17) is 15.7 Å². The van der Waals surface area contributed by atoms with Crippen LogP contribution in [-0.2, 0) is 0 Å². The third-order valence-corrected chi connectivity index (χ3v) is 6.57. The van der Waals surface area contributed by atoms with Gasteiger partial charge in [0.2, 0.25) is 0 Å². The molecule has 33 heavy (non-hydrogen) atoms. The van der Waals surface area contributed by atoms with Crippen LogP contribution in [0.5, 0.6) is 0 Å². The van der Waals surface area contributed by atoms with E-state index in [1.54, 1.807) is 0 Å². The quantitative estimate of drug-likeness (QED) is 0.339. The highest BCUT2D eigenvalue weighted by molar-refractivity contribution is 5.92. The number of allylic oxidation sites excluding steroid dienone is 3. The lowest BCUT2D eigenvalue weighted by Gasteiger charge is -2.19. The minimum Gasteiger partial charge on any atom is -0.383 e. The Morgan fingerprint density at radius 2 is 1.94 bits per heavy atom. The first kappa shape index (κ1) is 21.1. The zero-order valence-electron chi connectivity index (χ0n) is 19.3. The molecule has 1 unspecified atom stereocenters. The fourth-order valence-corrected chi connectivity index (χ4v) is 4.79. The number of nitrogens with zero attached hydrogens (tertiary/aromatic N) is 2. The van der Waals surface area contributed by atoms with Crippen molar-refractivity contribution >= 4 is 28.4 Å². The summed E-state index contributed by atoms with van der Waals surface area (Å²) in [4.78, 5) is 9.45. The van der Waals surface area contributed by atoms with Gasteiger partial charge in [-0.3, -0.25) is 4.98 Å². The summed E-state index contributed by atoms with van der Waals surface area (Å²) in [5.41, 5.74) is 15.4. The summed E-state index contributed by atoms with van der Waals surface area (Å²) in [5, 5.41) is 1.09. The maximum absolute atomic E-state index is 6.38. The van der Waals surface area contributed by atoms with E-state index in [1.807, 2.05) is 12.3 Å². The van der Waals surface area contributed by atoms with Gasteiger partial charge in [0.05, 0.1) is 11.2 Å². The van der Waals surface area contributed by atoms with Gasteiger partial charge in [-0.1, -0.05) is 48.6 Å². The van der Waals surface area contributed by atoms with Gasteiger partial charge in [0, 0.05) is 23.1 Å². The average molecular weight is 432 g/mol. The topological polar surface area (TPSA) is 51.8 Å². The van der Waals surface area contributed by atoms with Crippen molar-refractivity contribution < 1.29 is 0 Å². The van der Waals surface area contributed by atoms with Crippen molar-refractivity contribution in [3.05, 3.63) is 101 Å². The highest BCUT2D eigenvalue weighted by Crippen LogP contribution is 2.33. The van der Waals surface area contributed by atoms with Crippen LogP contribution in [0.3, 0.4) is 0 Å². The van der Waals surface area contributed by atoms with E-state index in [0.717, 1.165) is 40.6 Å². The lowest BCUT2D eigenvalue weighted by molar-refractivity contribution is 0.640. The van der Waals surface area contributed by atoms with Crippen molar-refractivity contribution in [2.24, 2.45) is 0 Å². The Morgan fingerprint density at radius 3 is 2.76 bits per heavy atom. The second-order valence-corrected chi connectivity index (χ2v) is 8.91. The molecule has 2 N–H and O–H groups in total. The van der Waals surface area contributed by atoms with E-state index >= 15 is 0 Å². The molecule has 0 fully saturated rings. The van der Waals surface area contributed by atoms with E-state index < -0.39 is 0 Å². The summed E-state index contributed by atoms with van der Waals surface area (Å²) in [6.07, 6.45) is 12.2. The fourth-order valence-electron chi connectivity index (χ4n) is 4.79. The van der Waals surface area contributed by atoms with E-state index in [-0.39, 0.29) is 0 Å². The molecule has 0 aliphatic heterocycles. The number of aryl methyl sites for hydroxylation is 1. The van der Waals surface area contributed by atoms with E-state index in [0.29, 0.717) is 11.7 Å². The SMILES string of the molecule is C/C(=C\c1cc2cc(-c3ccccc3C)ccc2nc1N)c1cccnc1C1C=CCCC1. The second-order valence-electron chi connectivity index (χ2n) is 8.91. The lowest BCUT2D eigenvalue weighted by Crippen LogP contribution is -2.05. The number of hydrogen-bond donors (Lipinski definition) is 1. The Balaban J connectivity index is 1.56. The third-order valence-electron chi connectivity index (χ3n) is 6.57. The molecule has 1 aliphatic rings. The minimum atomic E-state index is 0.377. The van der Waals surface area contributed by atoms with Crippen LogP contribution in [0.2, 0.25) is 0 Å². The fraction of sp³-hybridized carbons (Fsp3) is 0.200. The van der Waals surface area contributed by atoms with Gasteiger partial charge in [-0.2, -0.15) is 0 Å². The summed E-state index contributed by atoms with van der Waals surface area (Å²) in [6.45, 7) is 4.28. The summed E-state index contributed by atoms with van der Waals surface area (Å²) >= 11 is 0. The largest absolute Gasteiger partial charge is 0.383 e. The van der Waals surface area contributed by atoms with Crippen LogP contribution < -0.4 is 5.73 Å². The Morgan fingerprint density at radius 1 is 1.06 bits per heavy atom. The van der Waals surface area contributed by atoms with Gasteiger partial charge in [0.15, 0.2) is 0 Å². The molecule has 0 saturated carbocycles. The first-order valence-electron chi connectivity index (χ1n) is 11.7. The van der Waals surface area contributed by atoms with Crippen molar-refractivity contribution in [2.45, 2.75) is 39.0 Å². The number of aromatic nitrogens is 2. The molecule has 3 nitrogen and oxygen atoms in total. The Labute approximate surface area is 195 Å². The first-order valence-corrected chi connectivity index (χ1v) is 11.7. The van der Waals surface area contributed by atoms with Gasteiger partial charge in [0.25, 0.3) is 0 Å². The minimum absolute atomic E-state index is 0.377. The summed E-state index contributed by atoms with van der Waals surface area (Å²) < 4.78 is 0. The van der Waals surface area contributed by atoms with E-state index in [9.17, 15) is 0 Å².